The summed E-state index contributed by atoms with van der Waals surface area (Å²) in [4.78, 5) is 9.17. The van der Waals surface area contributed by atoms with Gasteiger partial charge in [-0.1, -0.05) is 18.2 Å². The third kappa shape index (κ3) is 5.66. The van der Waals surface area contributed by atoms with E-state index < -0.39 is 0 Å². The van der Waals surface area contributed by atoms with Crippen molar-refractivity contribution in [2.24, 2.45) is 16.8 Å². The van der Waals surface area contributed by atoms with Crippen LogP contribution < -0.4 is 5.32 Å². The van der Waals surface area contributed by atoms with Crippen molar-refractivity contribution in [1.82, 2.24) is 15.1 Å². The Balaban J connectivity index is 1.39. The standard InChI is InChI=1S/C21H33FN4O/c1-23-21(26-12-9-18(14-26)16-27-2)24-13-17-7-10-25(11-8-17)15-19-5-3-4-6-20(19)22/h3-6,17-18H,7-16H2,1-2H3,(H,23,24). The average Bonchev–Trinajstić information content (AvgIpc) is 3.14. The first-order valence-corrected chi connectivity index (χ1v) is 10.1. The van der Waals surface area contributed by atoms with Crippen molar-refractivity contribution in [1.29, 1.82) is 0 Å². The largest absolute Gasteiger partial charge is 0.384 e. The number of nitrogens with one attached hydrogen (secondary N) is 1. The molecular formula is C21H33FN4O. The van der Waals surface area contributed by atoms with E-state index >= 15 is 0 Å². The van der Waals surface area contributed by atoms with Gasteiger partial charge in [-0.25, -0.2) is 4.39 Å². The van der Waals surface area contributed by atoms with E-state index in [9.17, 15) is 4.39 Å². The molecule has 2 aliphatic heterocycles. The zero-order chi connectivity index (χ0) is 19.1. The molecule has 3 rings (SSSR count). The fourth-order valence-electron chi connectivity index (χ4n) is 4.18. The lowest BCUT2D eigenvalue weighted by Gasteiger charge is -2.33. The van der Waals surface area contributed by atoms with Crippen LogP contribution in [0.2, 0.25) is 0 Å². The number of halogens is 1. The zero-order valence-corrected chi connectivity index (χ0v) is 16.7. The van der Waals surface area contributed by atoms with Gasteiger partial charge in [0.15, 0.2) is 5.96 Å². The molecule has 0 amide bonds. The van der Waals surface area contributed by atoms with Crippen molar-refractivity contribution < 1.29 is 9.13 Å². The summed E-state index contributed by atoms with van der Waals surface area (Å²) >= 11 is 0. The summed E-state index contributed by atoms with van der Waals surface area (Å²) in [5, 5.41) is 3.57. The first-order valence-electron chi connectivity index (χ1n) is 10.1. The summed E-state index contributed by atoms with van der Waals surface area (Å²) in [7, 11) is 3.64. The van der Waals surface area contributed by atoms with Crippen LogP contribution in [-0.4, -0.2) is 69.2 Å². The summed E-state index contributed by atoms with van der Waals surface area (Å²) < 4.78 is 19.1. The van der Waals surface area contributed by atoms with E-state index in [-0.39, 0.29) is 5.82 Å². The van der Waals surface area contributed by atoms with E-state index in [2.05, 4.69) is 20.1 Å². The fourth-order valence-corrected chi connectivity index (χ4v) is 4.18. The monoisotopic (exact) mass is 376 g/mol. The molecule has 27 heavy (non-hydrogen) atoms. The molecule has 6 heteroatoms. The third-order valence-electron chi connectivity index (χ3n) is 5.81. The van der Waals surface area contributed by atoms with Gasteiger partial charge < -0.3 is 15.0 Å². The third-order valence-corrected chi connectivity index (χ3v) is 5.81. The number of piperidine rings is 1. The Hall–Kier alpha value is -1.66. The van der Waals surface area contributed by atoms with Gasteiger partial charge >= 0.3 is 0 Å². The van der Waals surface area contributed by atoms with Gasteiger partial charge in [0.05, 0.1) is 6.61 Å². The molecular weight excluding hydrogens is 343 g/mol. The minimum absolute atomic E-state index is 0.0949. The van der Waals surface area contributed by atoms with Gasteiger partial charge in [-0.2, -0.15) is 0 Å². The molecule has 2 saturated heterocycles. The molecule has 0 aromatic heterocycles. The summed E-state index contributed by atoms with van der Waals surface area (Å²) in [5.41, 5.74) is 0.800. The molecule has 150 valence electrons. The summed E-state index contributed by atoms with van der Waals surface area (Å²) in [6.07, 6.45) is 3.46. The second-order valence-electron chi connectivity index (χ2n) is 7.80. The van der Waals surface area contributed by atoms with Crippen LogP contribution in [0.15, 0.2) is 29.3 Å². The lowest BCUT2D eigenvalue weighted by molar-refractivity contribution is 0.157. The average molecular weight is 377 g/mol. The van der Waals surface area contributed by atoms with Crippen molar-refractivity contribution in [3.63, 3.8) is 0 Å². The highest BCUT2D eigenvalue weighted by Crippen LogP contribution is 2.20. The predicted octanol–water partition coefficient (Wildman–Crippen LogP) is 2.58. The van der Waals surface area contributed by atoms with Crippen molar-refractivity contribution >= 4 is 5.96 Å². The SMILES string of the molecule is CN=C(NCC1CCN(Cc2ccccc2F)CC1)N1CCC(COC)C1. The summed E-state index contributed by atoms with van der Waals surface area (Å²) in [5.74, 6) is 2.18. The molecule has 1 unspecified atom stereocenters. The van der Waals surface area contributed by atoms with E-state index in [1.165, 1.54) is 6.42 Å². The maximum absolute atomic E-state index is 13.8. The maximum atomic E-state index is 13.8. The lowest BCUT2D eigenvalue weighted by Crippen LogP contribution is -2.44. The van der Waals surface area contributed by atoms with Gasteiger partial charge in [-0.3, -0.25) is 9.89 Å². The molecule has 1 atom stereocenters. The van der Waals surface area contributed by atoms with Gasteiger partial charge in [0, 0.05) is 51.8 Å². The van der Waals surface area contributed by atoms with E-state index in [0.29, 0.717) is 18.4 Å². The number of benzene rings is 1. The minimum atomic E-state index is -0.0949. The first-order chi connectivity index (χ1) is 13.2. The van der Waals surface area contributed by atoms with E-state index in [4.69, 9.17) is 4.74 Å². The molecule has 0 bridgehead atoms. The molecule has 1 aromatic rings. The Morgan fingerprint density at radius 2 is 1.93 bits per heavy atom. The lowest BCUT2D eigenvalue weighted by atomic mass is 9.96. The Morgan fingerprint density at radius 3 is 2.63 bits per heavy atom. The van der Waals surface area contributed by atoms with Gasteiger partial charge in [-0.15, -0.1) is 0 Å². The van der Waals surface area contributed by atoms with Crippen LogP contribution in [0.4, 0.5) is 4.39 Å². The number of hydrogen-bond donors (Lipinski definition) is 1. The molecule has 1 aromatic carbocycles. The van der Waals surface area contributed by atoms with Crippen LogP contribution in [0.1, 0.15) is 24.8 Å². The van der Waals surface area contributed by atoms with Gasteiger partial charge in [0.1, 0.15) is 5.82 Å². The topological polar surface area (TPSA) is 40.1 Å². The Labute approximate surface area is 162 Å². The molecule has 1 N–H and O–H groups in total. The molecule has 0 radical (unpaired) electrons. The van der Waals surface area contributed by atoms with E-state index in [1.807, 2.05) is 19.2 Å². The van der Waals surface area contributed by atoms with Crippen molar-refractivity contribution in [2.75, 3.05) is 53.5 Å². The normalized spacial score (nSPS) is 22.4. The molecule has 0 spiro atoms. The Bertz CT molecular complexity index is 616. The number of aliphatic imine (C=N–C) groups is 1. The highest BCUT2D eigenvalue weighted by Gasteiger charge is 2.26. The zero-order valence-electron chi connectivity index (χ0n) is 16.7. The first kappa shape index (κ1) is 20.1. The number of methoxy groups -OCH3 is 1. The summed E-state index contributed by atoms with van der Waals surface area (Å²) in [6, 6.07) is 7.10. The van der Waals surface area contributed by atoms with Crippen LogP contribution in [0.25, 0.3) is 0 Å². The fraction of sp³-hybridized carbons (Fsp3) is 0.667. The van der Waals surface area contributed by atoms with Crippen molar-refractivity contribution in [3.8, 4) is 0 Å². The van der Waals surface area contributed by atoms with Gasteiger partial charge in [-0.05, 0) is 44.3 Å². The second kappa shape index (κ2) is 10.0. The minimum Gasteiger partial charge on any atom is -0.384 e. The highest BCUT2D eigenvalue weighted by molar-refractivity contribution is 5.80. The molecule has 5 nitrogen and oxygen atoms in total. The Morgan fingerprint density at radius 1 is 1.19 bits per heavy atom. The van der Waals surface area contributed by atoms with Gasteiger partial charge in [0.2, 0.25) is 0 Å². The number of nitrogens with zero attached hydrogens (tertiary/aromatic N) is 3. The number of guanidine groups is 1. The number of ether oxygens (including phenoxy) is 1. The van der Waals surface area contributed by atoms with Gasteiger partial charge in [0.25, 0.3) is 0 Å². The predicted molar refractivity (Wildman–Crippen MR) is 107 cm³/mol. The second-order valence-corrected chi connectivity index (χ2v) is 7.80. The molecule has 0 aliphatic carbocycles. The van der Waals surface area contributed by atoms with Crippen molar-refractivity contribution in [3.05, 3.63) is 35.6 Å². The highest BCUT2D eigenvalue weighted by atomic mass is 19.1. The number of rotatable bonds is 6. The maximum Gasteiger partial charge on any atom is 0.193 e. The summed E-state index contributed by atoms with van der Waals surface area (Å²) in [6.45, 7) is 6.63. The molecule has 2 heterocycles. The van der Waals surface area contributed by atoms with Crippen molar-refractivity contribution in [2.45, 2.75) is 25.8 Å². The van der Waals surface area contributed by atoms with Crippen LogP contribution in [0, 0.1) is 17.7 Å². The molecule has 0 saturated carbocycles. The molecule has 2 aliphatic rings. The van der Waals surface area contributed by atoms with E-state index in [0.717, 1.165) is 63.7 Å². The quantitative estimate of drug-likeness (QED) is 0.612. The van der Waals surface area contributed by atoms with Crippen LogP contribution >= 0.6 is 0 Å². The Kier molecular flexibility index (Phi) is 7.47. The molecule has 2 fully saturated rings. The van der Waals surface area contributed by atoms with Crippen LogP contribution in [-0.2, 0) is 11.3 Å². The van der Waals surface area contributed by atoms with Crippen LogP contribution in [0.3, 0.4) is 0 Å². The van der Waals surface area contributed by atoms with Crippen LogP contribution in [0.5, 0.6) is 0 Å². The smallest absolute Gasteiger partial charge is 0.193 e. The van der Waals surface area contributed by atoms with E-state index in [1.54, 1.807) is 19.2 Å². The number of hydrogen-bond acceptors (Lipinski definition) is 3. The number of likely N-dealkylation sites (tertiary alicyclic amines) is 2.